The molecule has 0 spiro atoms. The van der Waals surface area contributed by atoms with E-state index in [4.69, 9.17) is 11.6 Å². The Balaban J connectivity index is 3.01. The number of hydrogen-bond acceptors (Lipinski definition) is 3. The molecule has 4 nitrogen and oxygen atoms in total. The molecule has 0 aliphatic rings. The van der Waals surface area contributed by atoms with Gasteiger partial charge in [0.05, 0.1) is 17.0 Å². The smallest absolute Gasteiger partial charge is 0.229 e. The highest BCUT2D eigenvalue weighted by Crippen LogP contribution is 2.28. The standard InChI is InChI=1S/C11H17ClN2O2S/c1-4-14(5-2)9-6-7-11(10(12)8-9)13-17(3,15)16/h6-8,13H,4-5H2,1-3H3. The lowest BCUT2D eigenvalue weighted by molar-refractivity contribution is 0.607. The zero-order valence-electron chi connectivity index (χ0n) is 10.2. The van der Waals surface area contributed by atoms with Gasteiger partial charge in [0.25, 0.3) is 0 Å². The predicted molar refractivity (Wildman–Crippen MR) is 73.5 cm³/mol. The second-order valence-electron chi connectivity index (χ2n) is 3.71. The fourth-order valence-corrected chi connectivity index (χ4v) is 2.43. The van der Waals surface area contributed by atoms with Crippen LogP contribution in [-0.4, -0.2) is 27.8 Å². The Bertz CT molecular complexity index is 484. The van der Waals surface area contributed by atoms with Crippen molar-refractivity contribution >= 4 is 33.0 Å². The Hall–Kier alpha value is -0.940. The lowest BCUT2D eigenvalue weighted by Crippen LogP contribution is -2.21. The van der Waals surface area contributed by atoms with Crippen molar-refractivity contribution in [3.05, 3.63) is 23.2 Å². The highest BCUT2D eigenvalue weighted by molar-refractivity contribution is 7.92. The van der Waals surface area contributed by atoms with Crippen LogP contribution in [0.25, 0.3) is 0 Å². The molecule has 0 heterocycles. The van der Waals surface area contributed by atoms with Crippen molar-refractivity contribution in [3.8, 4) is 0 Å². The predicted octanol–water partition coefficient (Wildman–Crippen LogP) is 2.56. The Kier molecular flexibility index (Phi) is 4.65. The molecule has 0 unspecified atom stereocenters. The summed E-state index contributed by atoms with van der Waals surface area (Å²) in [4.78, 5) is 2.14. The molecule has 6 heteroatoms. The molecule has 0 amide bonds. The zero-order chi connectivity index (χ0) is 13.1. The minimum absolute atomic E-state index is 0.403. The SMILES string of the molecule is CCN(CC)c1ccc(NS(C)(=O)=O)c(Cl)c1. The molecule has 1 rings (SSSR count). The molecule has 17 heavy (non-hydrogen) atoms. The van der Waals surface area contributed by atoms with Crippen molar-refractivity contribution in [1.82, 2.24) is 0 Å². The maximum Gasteiger partial charge on any atom is 0.229 e. The molecule has 0 aromatic heterocycles. The van der Waals surface area contributed by atoms with Gasteiger partial charge in [0.15, 0.2) is 0 Å². The van der Waals surface area contributed by atoms with Crippen molar-refractivity contribution in [1.29, 1.82) is 0 Å². The number of halogens is 1. The fourth-order valence-electron chi connectivity index (χ4n) is 1.57. The van der Waals surface area contributed by atoms with E-state index in [0.717, 1.165) is 25.0 Å². The number of anilines is 2. The van der Waals surface area contributed by atoms with E-state index in [1.54, 1.807) is 12.1 Å². The van der Waals surface area contributed by atoms with Crippen LogP contribution >= 0.6 is 11.6 Å². The van der Waals surface area contributed by atoms with Gasteiger partial charge in [0.1, 0.15) is 0 Å². The quantitative estimate of drug-likeness (QED) is 0.899. The van der Waals surface area contributed by atoms with Crippen LogP contribution in [0.15, 0.2) is 18.2 Å². The van der Waals surface area contributed by atoms with Crippen molar-refractivity contribution in [2.75, 3.05) is 29.0 Å². The first-order valence-corrected chi connectivity index (χ1v) is 7.66. The Morgan fingerprint density at radius 1 is 1.29 bits per heavy atom. The van der Waals surface area contributed by atoms with Gasteiger partial charge in [0.2, 0.25) is 10.0 Å². The van der Waals surface area contributed by atoms with Crippen molar-refractivity contribution in [3.63, 3.8) is 0 Å². The average Bonchev–Trinajstić information content (AvgIpc) is 2.22. The van der Waals surface area contributed by atoms with E-state index < -0.39 is 10.0 Å². The summed E-state index contributed by atoms with van der Waals surface area (Å²) < 4.78 is 24.6. The van der Waals surface area contributed by atoms with E-state index in [2.05, 4.69) is 23.5 Å². The van der Waals surface area contributed by atoms with Gasteiger partial charge >= 0.3 is 0 Å². The van der Waals surface area contributed by atoms with Crippen LogP contribution in [0.3, 0.4) is 0 Å². The maximum atomic E-state index is 11.1. The summed E-state index contributed by atoms with van der Waals surface area (Å²) in [6, 6.07) is 5.30. The van der Waals surface area contributed by atoms with Gasteiger partial charge in [-0.3, -0.25) is 4.72 Å². The number of rotatable bonds is 5. The molecule has 96 valence electrons. The number of benzene rings is 1. The van der Waals surface area contributed by atoms with E-state index in [1.165, 1.54) is 0 Å². The molecule has 0 bridgehead atoms. The zero-order valence-corrected chi connectivity index (χ0v) is 11.8. The summed E-state index contributed by atoms with van der Waals surface area (Å²) in [5.74, 6) is 0. The van der Waals surface area contributed by atoms with Crippen LogP contribution in [-0.2, 0) is 10.0 Å². The summed E-state index contributed by atoms with van der Waals surface area (Å²) in [6.45, 7) is 5.87. The molecule has 0 atom stereocenters. The third-order valence-electron chi connectivity index (χ3n) is 2.38. The van der Waals surface area contributed by atoms with Gasteiger partial charge in [-0.05, 0) is 32.0 Å². The van der Waals surface area contributed by atoms with Crippen LogP contribution in [0.1, 0.15) is 13.8 Å². The second kappa shape index (κ2) is 5.60. The van der Waals surface area contributed by atoms with Gasteiger partial charge in [-0.15, -0.1) is 0 Å². The molecule has 0 radical (unpaired) electrons. The molecular weight excluding hydrogens is 260 g/mol. The van der Waals surface area contributed by atoms with E-state index in [-0.39, 0.29) is 0 Å². The fraction of sp³-hybridized carbons (Fsp3) is 0.455. The molecule has 0 fully saturated rings. The largest absolute Gasteiger partial charge is 0.372 e. The topological polar surface area (TPSA) is 49.4 Å². The number of nitrogens with one attached hydrogen (secondary N) is 1. The lowest BCUT2D eigenvalue weighted by Gasteiger charge is -2.21. The summed E-state index contributed by atoms with van der Waals surface area (Å²) in [6.07, 6.45) is 1.10. The summed E-state index contributed by atoms with van der Waals surface area (Å²) in [5, 5.41) is 0.403. The molecular formula is C11H17ClN2O2S. The highest BCUT2D eigenvalue weighted by Gasteiger charge is 2.09. The summed E-state index contributed by atoms with van der Waals surface area (Å²) in [7, 11) is -3.29. The van der Waals surface area contributed by atoms with Crippen LogP contribution < -0.4 is 9.62 Å². The number of hydrogen-bond donors (Lipinski definition) is 1. The minimum Gasteiger partial charge on any atom is -0.372 e. The average molecular weight is 277 g/mol. The Morgan fingerprint density at radius 3 is 2.29 bits per heavy atom. The Morgan fingerprint density at radius 2 is 1.88 bits per heavy atom. The molecule has 0 aliphatic heterocycles. The monoisotopic (exact) mass is 276 g/mol. The first-order chi connectivity index (χ1) is 7.87. The molecule has 0 saturated heterocycles. The normalized spacial score (nSPS) is 11.3. The first-order valence-electron chi connectivity index (χ1n) is 5.39. The van der Waals surface area contributed by atoms with Crippen LogP contribution in [0, 0.1) is 0 Å². The van der Waals surface area contributed by atoms with Crippen LogP contribution in [0.4, 0.5) is 11.4 Å². The van der Waals surface area contributed by atoms with Crippen molar-refractivity contribution < 1.29 is 8.42 Å². The summed E-state index contributed by atoms with van der Waals surface area (Å²) in [5.41, 5.74) is 1.39. The molecule has 0 aliphatic carbocycles. The molecule has 1 aromatic rings. The maximum absolute atomic E-state index is 11.1. The summed E-state index contributed by atoms with van der Waals surface area (Å²) >= 11 is 6.04. The third kappa shape index (κ3) is 4.09. The van der Waals surface area contributed by atoms with Crippen LogP contribution in [0.5, 0.6) is 0 Å². The minimum atomic E-state index is -3.29. The third-order valence-corrected chi connectivity index (χ3v) is 3.28. The first kappa shape index (κ1) is 14.1. The lowest BCUT2D eigenvalue weighted by atomic mass is 10.2. The highest BCUT2D eigenvalue weighted by atomic mass is 35.5. The van der Waals surface area contributed by atoms with Crippen LogP contribution in [0.2, 0.25) is 5.02 Å². The number of sulfonamides is 1. The van der Waals surface area contributed by atoms with Gasteiger partial charge < -0.3 is 4.90 Å². The van der Waals surface area contributed by atoms with E-state index in [1.807, 2.05) is 6.07 Å². The van der Waals surface area contributed by atoms with Gasteiger partial charge in [-0.25, -0.2) is 8.42 Å². The van der Waals surface area contributed by atoms with Crippen molar-refractivity contribution in [2.45, 2.75) is 13.8 Å². The van der Waals surface area contributed by atoms with E-state index >= 15 is 0 Å². The number of nitrogens with zero attached hydrogens (tertiary/aromatic N) is 1. The molecule has 0 saturated carbocycles. The van der Waals surface area contributed by atoms with E-state index in [0.29, 0.717) is 10.7 Å². The second-order valence-corrected chi connectivity index (χ2v) is 5.87. The van der Waals surface area contributed by atoms with Gasteiger partial charge in [0, 0.05) is 18.8 Å². The molecule has 1 aromatic carbocycles. The van der Waals surface area contributed by atoms with Gasteiger partial charge in [-0.1, -0.05) is 11.6 Å². The van der Waals surface area contributed by atoms with E-state index in [9.17, 15) is 8.42 Å². The van der Waals surface area contributed by atoms with Crippen molar-refractivity contribution in [2.24, 2.45) is 0 Å². The Labute approximate surface area is 108 Å². The van der Waals surface area contributed by atoms with Gasteiger partial charge in [-0.2, -0.15) is 0 Å². The molecule has 1 N–H and O–H groups in total.